The lowest BCUT2D eigenvalue weighted by Crippen LogP contribution is -2.35. The first-order chi connectivity index (χ1) is 7.65. The fraction of sp³-hybridized carbons (Fsp3) is 0.462. The second kappa shape index (κ2) is 4.88. The summed E-state index contributed by atoms with van der Waals surface area (Å²) in [4.78, 5) is 11.7. The second-order valence-electron chi connectivity index (χ2n) is 4.50. The standard InChI is InChI=1S/C13H16ClNO/c1-9(11-4-5-11)15-13(16)8-10-2-6-12(14)7-3-10/h2-3,6-7,9,11H,4-5,8H2,1H3,(H,15,16). The van der Waals surface area contributed by atoms with Crippen molar-refractivity contribution in [3.05, 3.63) is 34.9 Å². The summed E-state index contributed by atoms with van der Waals surface area (Å²) < 4.78 is 0. The van der Waals surface area contributed by atoms with E-state index in [0.29, 0.717) is 23.4 Å². The van der Waals surface area contributed by atoms with Gasteiger partial charge in [-0.3, -0.25) is 4.79 Å². The molecule has 0 spiro atoms. The van der Waals surface area contributed by atoms with Crippen LogP contribution < -0.4 is 5.32 Å². The van der Waals surface area contributed by atoms with Crippen molar-refractivity contribution in [3.63, 3.8) is 0 Å². The quantitative estimate of drug-likeness (QED) is 0.857. The summed E-state index contributed by atoms with van der Waals surface area (Å²) in [5.74, 6) is 0.802. The van der Waals surface area contributed by atoms with E-state index in [1.165, 1.54) is 12.8 Å². The van der Waals surface area contributed by atoms with Crippen molar-refractivity contribution < 1.29 is 4.79 Å². The van der Waals surface area contributed by atoms with E-state index < -0.39 is 0 Å². The monoisotopic (exact) mass is 237 g/mol. The van der Waals surface area contributed by atoms with E-state index in [1.807, 2.05) is 24.3 Å². The van der Waals surface area contributed by atoms with Gasteiger partial charge in [0.1, 0.15) is 0 Å². The molecular formula is C13H16ClNO. The molecule has 16 heavy (non-hydrogen) atoms. The highest BCUT2D eigenvalue weighted by molar-refractivity contribution is 6.30. The van der Waals surface area contributed by atoms with Crippen LogP contribution in [0.3, 0.4) is 0 Å². The predicted octanol–water partition coefficient (Wildman–Crippen LogP) is 2.80. The smallest absolute Gasteiger partial charge is 0.224 e. The summed E-state index contributed by atoms with van der Waals surface area (Å²) in [5, 5.41) is 3.74. The third-order valence-corrected chi connectivity index (χ3v) is 3.25. The molecule has 0 aliphatic heterocycles. The topological polar surface area (TPSA) is 29.1 Å². The average Bonchev–Trinajstić information content (AvgIpc) is 3.04. The highest BCUT2D eigenvalue weighted by Gasteiger charge is 2.28. The van der Waals surface area contributed by atoms with Crippen molar-refractivity contribution in [1.82, 2.24) is 5.32 Å². The number of hydrogen-bond acceptors (Lipinski definition) is 1. The highest BCUT2D eigenvalue weighted by Crippen LogP contribution is 2.32. The van der Waals surface area contributed by atoms with Crippen LogP contribution in [0, 0.1) is 5.92 Å². The summed E-state index contributed by atoms with van der Waals surface area (Å²) >= 11 is 5.78. The normalized spacial score (nSPS) is 16.9. The molecule has 1 aromatic carbocycles. The highest BCUT2D eigenvalue weighted by atomic mass is 35.5. The third-order valence-electron chi connectivity index (χ3n) is 3.00. The van der Waals surface area contributed by atoms with Gasteiger partial charge in [-0.1, -0.05) is 23.7 Å². The Bertz CT molecular complexity index is 370. The molecule has 3 heteroatoms. The van der Waals surface area contributed by atoms with E-state index in [1.54, 1.807) is 0 Å². The lowest BCUT2D eigenvalue weighted by molar-refractivity contribution is -0.121. The summed E-state index contributed by atoms with van der Waals surface area (Å²) in [6, 6.07) is 7.73. The van der Waals surface area contributed by atoms with E-state index in [2.05, 4.69) is 12.2 Å². The molecule has 0 radical (unpaired) electrons. The minimum atomic E-state index is 0.0988. The molecule has 1 aliphatic carbocycles. The Labute approximate surface area is 101 Å². The van der Waals surface area contributed by atoms with Gasteiger partial charge in [0.15, 0.2) is 0 Å². The molecule has 1 N–H and O–H groups in total. The molecule has 1 atom stereocenters. The molecule has 1 saturated carbocycles. The van der Waals surface area contributed by atoms with Crippen LogP contribution in [-0.4, -0.2) is 11.9 Å². The van der Waals surface area contributed by atoms with Crippen LogP contribution in [0.1, 0.15) is 25.3 Å². The van der Waals surface area contributed by atoms with Crippen molar-refractivity contribution in [1.29, 1.82) is 0 Å². The maximum Gasteiger partial charge on any atom is 0.224 e. The summed E-state index contributed by atoms with van der Waals surface area (Å²) in [6.07, 6.45) is 2.94. The molecule has 2 nitrogen and oxygen atoms in total. The van der Waals surface area contributed by atoms with Crippen LogP contribution in [0.25, 0.3) is 0 Å². The fourth-order valence-electron chi connectivity index (χ4n) is 1.81. The number of nitrogens with one attached hydrogen (secondary N) is 1. The van der Waals surface area contributed by atoms with Gasteiger partial charge in [-0.05, 0) is 43.4 Å². The molecule has 1 fully saturated rings. The Morgan fingerprint density at radius 3 is 2.62 bits per heavy atom. The molecule has 2 rings (SSSR count). The fourth-order valence-corrected chi connectivity index (χ4v) is 1.93. The Balaban J connectivity index is 1.84. The molecule has 0 heterocycles. The summed E-state index contributed by atoms with van der Waals surface area (Å²) in [7, 11) is 0. The van der Waals surface area contributed by atoms with Gasteiger partial charge in [0, 0.05) is 11.1 Å². The van der Waals surface area contributed by atoms with E-state index in [0.717, 1.165) is 5.56 Å². The molecule has 1 aromatic rings. The zero-order valence-corrected chi connectivity index (χ0v) is 10.1. The average molecular weight is 238 g/mol. The Hall–Kier alpha value is -1.02. The van der Waals surface area contributed by atoms with Crippen LogP contribution in [0.5, 0.6) is 0 Å². The van der Waals surface area contributed by atoms with Crippen molar-refractivity contribution in [2.45, 2.75) is 32.2 Å². The van der Waals surface area contributed by atoms with Crippen molar-refractivity contribution in [2.75, 3.05) is 0 Å². The van der Waals surface area contributed by atoms with Crippen molar-refractivity contribution >= 4 is 17.5 Å². The molecule has 1 aliphatic rings. The first-order valence-electron chi connectivity index (χ1n) is 5.69. The maximum atomic E-state index is 11.7. The minimum absolute atomic E-state index is 0.0988. The summed E-state index contributed by atoms with van der Waals surface area (Å²) in [6.45, 7) is 2.08. The first-order valence-corrected chi connectivity index (χ1v) is 6.07. The Morgan fingerprint density at radius 2 is 2.06 bits per heavy atom. The SMILES string of the molecule is CC(NC(=O)Cc1ccc(Cl)cc1)C1CC1. The summed E-state index contributed by atoms with van der Waals surface area (Å²) in [5.41, 5.74) is 1.00. The largest absolute Gasteiger partial charge is 0.353 e. The zero-order chi connectivity index (χ0) is 11.5. The second-order valence-corrected chi connectivity index (χ2v) is 4.93. The molecular weight excluding hydrogens is 222 g/mol. The molecule has 1 amide bonds. The van der Waals surface area contributed by atoms with Gasteiger partial charge in [0.05, 0.1) is 6.42 Å². The molecule has 0 saturated heterocycles. The number of amides is 1. The lowest BCUT2D eigenvalue weighted by atomic mass is 10.1. The number of carbonyl (C=O) groups is 1. The van der Waals surface area contributed by atoms with Gasteiger partial charge in [0.2, 0.25) is 5.91 Å². The van der Waals surface area contributed by atoms with E-state index >= 15 is 0 Å². The number of hydrogen-bond donors (Lipinski definition) is 1. The number of benzene rings is 1. The Morgan fingerprint density at radius 1 is 1.44 bits per heavy atom. The third kappa shape index (κ3) is 3.24. The number of carbonyl (C=O) groups excluding carboxylic acids is 1. The molecule has 0 aromatic heterocycles. The number of halogens is 1. The minimum Gasteiger partial charge on any atom is -0.353 e. The van der Waals surface area contributed by atoms with E-state index in [4.69, 9.17) is 11.6 Å². The zero-order valence-electron chi connectivity index (χ0n) is 9.37. The van der Waals surface area contributed by atoms with Gasteiger partial charge in [-0.15, -0.1) is 0 Å². The van der Waals surface area contributed by atoms with E-state index in [-0.39, 0.29) is 5.91 Å². The van der Waals surface area contributed by atoms with Crippen molar-refractivity contribution in [3.8, 4) is 0 Å². The van der Waals surface area contributed by atoms with Gasteiger partial charge >= 0.3 is 0 Å². The van der Waals surface area contributed by atoms with Crippen molar-refractivity contribution in [2.24, 2.45) is 5.92 Å². The van der Waals surface area contributed by atoms with Crippen LogP contribution in [-0.2, 0) is 11.2 Å². The van der Waals surface area contributed by atoms with Crippen LogP contribution in [0.2, 0.25) is 5.02 Å². The van der Waals surface area contributed by atoms with Crippen LogP contribution >= 0.6 is 11.6 Å². The van der Waals surface area contributed by atoms with Crippen LogP contribution in [0.4, 0.5) is 0 Å². The van der Waals surface area contributed by atoms with Gasteiger partial charge in [-0.2, -0.15) is 0 Å². The molecule has 1 unspecified atom stereocenters. The van der Waals surface area contributed by atoms with Crippen LogP contribution in [0.15, 0.2) is 24.3 Å². The van der Waals surface area contributed by atoms with Gasteiger partial charge < -0.3 is 5.32 Å². The predicted molar refractivity (Wildman–Crippen MR) is 65.5 cm³/mol. The first kappa shape index (κ1) is 11.5. The molecule has 86 valence electrons. The Kier molecular flexibility index (Phi) is 3.49. The lowest BCUT2D eigenvalue weighted by Gasteiger charge is -2.12. The molecule has 0 bridgehead atoms. The van der Waals surface area contributed by atoms with Gasteiger partial charge in [-0.25, -0.2) is 0 Å². The van der Waals surface area contributed by atoms with Gasteiger partial charge in [0.25, 0.3) is 0 Å². The maximum absolute atomic E-state index is 11.7. The number of rotatable bonds is 4. The van der Waals surface area contributed by atoms with E-state index in [9.17, 15) is 4.79 Å².